The fourth-order valence-corrected chi connectivity index (χ4v) is 4.53. The topological polar surface area (TPSA) is 21.3 Å². The maximum absolute atomic E-state index is 6.53. The van der Waals surface area contributed by atoms with E-state index >= 15 is 0 Å². The van der Waals surface area contributed by atoms with Gasteiger partial charge in [-0.3, -0.25) is 0 Å². The first-order valence-corrected chi connectivity index (χ1v) is 8.92. The molecule has 4 heteroatoms. The molecule has 1 aliphatic heterocycles. The van der Waals surface area contributed by atoms with Crippen LogP contribution in [0.4, 0.5) is 5.69 Å². The molecule has 24 heavy (non-hydrogen) atoms. The van der Waals surface area contributed by atoms with Crippen LogP contribution in [0.5, 0.6) is 5.75 Å². The average molecular weight is 360 g/mol. The van der Waals surface area contributed by atoms with Crippen molar-refractivity contribution in [2.24, 2.45) is 5.92 Å². The lowest BCUT2D eigenvalue weighted by Crippen LogP contribution is -2.30. The Bertz CT molecular complexity index is 831. The van der Waals surface area contributed by atoms with E-state index in [2.05, 4.69) is 36.5 Å². The van der Waals surface area contributed by atoms with Crippen LogP contribution in [-0.2, 0) is 0 Å². The molecule has 2 nitrogen and oxygen atoms in total. The summed E-state index contributed by atoms with van der Waals surface area (Å²) in [5.74, 6) is 1.67. The summed E-state index contributed by atoms with van der Waals surface area (Å²) in [7, 11) is 1.71. The van der Waals surface area contributed by atoms with Crippen LogP contribution in [0.3, 0.4) is 0 Å². The molecule has 0 bridgehead atoms. The number of allylic oxidation sites excluding steroid dienone is 2. The summed E-state index contributed by atoms with van der Waals surface area (Å²) in [6.07, 6.45) is 5.62. The molecule has 0 saturated carbocycles. The number of aryl methyl sites for hydroxylation is 1. The lowest BCUT2D eigenvalue weighted by atomic mass is 9.75. The van der Waals surface area contributed by atoms with E-state index in [9.17, 15) is 0 Å². The van der Waals surface area contributed by atoms with Crippen molar-refractivity contribution in [1.82, 2.24) is 0 Å². The highest BCUT2D eigenvalue weighted by Crippen LogP contribution is 2.54. The third-order valence-electron chi connectivity index (χ3n) is 5.24. The van der Waals surface area contributed by atoms with Gasteiger partial charge in [-0.2, -0.15) is 0 Å². The van der Waals surface area contributed by atoms with Crippen molar-refractivity contribution in [3.63, 3.8) is 0 Å². The molecule has 4 rings (SSSR count). The van der Waals surface area contributed by atoms with Gasteiger partial charge >= 0.3 is 0 Å². The van der Waals surface area contributed by atoms with Crippen molar-refractivity contribution in [2.45, 2.75) is 25.3 Å². The Morgan fingerprint density at radius 3 is 2.79 bits per heavy atom. The maximum Gasteiger partial charge on any atom is 0.142 e. The van der Waals surface area contributed by atoms with Crippen LogP contribution in [0.15, 0.2) is 42.5 Å². The van der Waals surface area contributed by atoms with Crippen LogP contribution in [0, 0.1) is 12.8 Å². The van der Waals surface area contributed by atoms with Crippen LogP contribution in [-0.4, -0.2) is 7.11 Å². The van der Waals surface area contributed by atoms with Gasteiger partial charge in [0, 0.05) is 5.92 Å². The SMILES string of the molecule is COc1ccc(C)c2c1N[C@H](c1cccc(Cl)c1Cl)[C@@H]1CC=C[C@@H]21. The van der Waals surface area contributed by atoms with E-state index in [1.807, 2.05) is 18.2 Å². The second-order valence-electron chi connectivity index (χ2n) is 6.49. The average Bonchev–Trinajstić information content (AvgIpc) is 3.06. The van der Waals surface area contributed by atoms with E-state index in [0.717, 1.165) is 23.4 Å². The molecular weight excluding hydrogens is 341 g/mol. The van der Waals surface area contributed by atoms with Gasteiger partial charge in [0.2, 0.25) is 0 Å². The van der Waals surface area contributed by atoms with Gasteiger partial charge in [-0.1, -0.05) is 53.6 Å². The van der Waals surface area contributed by atoms with E-state index < -0.39 is 0 Å². The fraction of sp³-hybridized carbons (Fsp3) is 0.300. The van der Waals surface area contributed by atoms with Crippen molar-refractivity contribution in [1.29, 1.82) is 0 Å². The zero-order valence-electron chi connectivity index (χ0n) is 13.6. The Morgan fingerprint density at radius 1 is 1.17 bits per heavy atom. The second kappa shape index (κ2) is 6.02. The van der Waals surface area contributed by atoms with Crippen molar-refractivity contribution >= 4 is 28.9 Å². The van der Waals surface area contributed by atoms with Gasteiger partial charge in [0.05, 0.1) is 28.9 Å². The van der Waals surface area contributed by atoms with Crippen molar-refractivity contribution in [3.05, 3.63) is 69.2 Å². The third kappa shape index (κ3) is 2.32. The zero-order chi connectivity index (χ0) is 16.8. The highest BCUT2D eigenvalue weighted by Gasteiger charge is 2.40. The molecule has 0 fully saturated rings. The van der Waals surface area contributed by atoms with Crippen LogP contribution >= 0.6 is 23.2 Å². The Hall–Kier alpha value is -1.64. The van der Waals surface area contributed by atoms with E-state index in [-0.39, 0.29) is 6.04 Å². The first-order chi connectivity index (χ1) is 11.6. The number of hydrogen-bond acceptors (Lipinski definition) is 2. The molecule has 0 amide bonds. The van der Waals surface area contributed by atoms with E-state index in [1.165, 1.54) is 11.1 Å². The summed E-state index contributed by atoms with van der Waals surface area (Å²) in [6.45, 7) is 2.16. The summed E-state index contributed by atoms with van der Waals surface area (Å²) >= 11 is 12.8. The Kier molecular flexibility index (Phi) is 3.98. The van der Waals surface area contributed by atoms with Gasteiger partial charge in [0.1, 0.15) is 5.75 Å². The van der Waals surface area contributed by atoms with Gasteiger partial charge < -0.3 is 10.1 Å². The molecule has 0 spiro atoms. The Morgan fingerprint density at radius 2 is 2.00 bits per heavy atom. The summed E-state index contributed by atoms with van der Waals surface area (Å²) in [5, 5.41) is 4.94. The highest BCUT2D eigenvalue weighted by atomic mass is 35.5. The summed E-state index contributed by atoms with van der Waals surface area (Å²) in [6, 6.07) is 10.1. The fourth-order valence-electron chi connectivity index (χ4n) is 4.11. The van der Waals surface area contributed by atoms with Gasteiger partial charge in [-0.25, -0.2) is 0 Å². The Balaban J connectivity index is 1.89. The van der Waals surface area contributed by atoms with Crippen LogP contribution in [0.25, 0.3) is 0 Å². The number of rotatable bonds is 2. The van der Waals surface area contributed by atoms with E-state index in [1.54, 1.807) is 7.11 Å². The second-order valence-corrected chi connectivity index (χ2v) is 7.28. The summed E-state index contributed by atoms with van der Waals surface area (Å²) in [5.41, 5.74) is 4.75. The first kappa shape index (κ1) is 15.9. The van der Waals surface area contributed by atoms with Gasteiger partial charge in [-0.15, -0.1) is 0 Å². The molecule has 1 aliphatic carbocycles. The van der Waals surface area contributed by atoms with Crippen molar-refractivity contribution < 1.29 is 4.74 Å². The normalized spacial score (nSPS) is 24.2. The predicted octanol–water partition coefficient (Wildman–Crippen LogP) is 6.14. The molecule has 2 aliphatic rings. The van der Waals surface area contributed by atoms with Crippen molar-refractivity contribution in [2.75, 3.05) is 12.4 Å². The quantitative estimate of drug-likeness (QED) is 0.650. The molecule has 0 radical (unpaired) electrons. The highest BCUT2D eigenvalue weighted by molar-refractivity contribution is 6.42. The van der Waals surface area contributed by atoms with Crippen LogP contribution in [0.2, 0.25) is 10.0 Å². The Labute approximate surface area is 152 Å². The smallest absolute Gasteiger partial charge is 0.142 e. The molecule has 124 valence electrons. The van der Waals surface area contributed by atoms with E-state index in [4.69, 9.17) is 27.9 Å². The minimum atomic E-state index is 0.111. The maximum atomic E-state index is 6.53. The number of anilines is 1. The number of hydrogen-bond donors (Lipinski definition) is 1. The minimum Gasteiger partial charge on any atom is -0.495 e. The van der Waals surface area contributed by atoms with Gasteiger partial charge in [-0.05, 0) is 48.1 Å². The predicted molar refractivity (Wildman–Crippen MR) is 101 cm³/mol. The molecule has 2 aromatic rings. The first-order valence-electron chi connectivity index (χ1n) is 8.16. The molecule has 1 N–H and O–H groups in total. The van der Waals surface area contributed by atoms with Gasteiger partial charge in [0.25, 0.3) is 0 Å². The number of methoxy groups -OCH3 is 1. The lowest BCUT2D eigenvalue weighted by molar-refractivity contribution is 0.396. The molecule has 0 saturated heterocycles. The largest absolute Gasteiger partial charge is 0.495 e. The molecular formula is C20H19Cl2NO. The number of nitrogens with one attached hydrogen (secondary N) is 1. The standard InChI is InChI=1S/C20H19Cl2NO/c1-11-9-10-16(24-2)20-17(11)12-5-3-6-13(12)19(23-20)14-7-4-8-15(21)18(14)22/h3-5,7-10,12-13,19,23H,6H2,1-2H3/t12-,13-,19+/m1/s1. The molecule has 3 atom stereocenters. The van der Waals surface area contributed by atoms with Crippen molar-refractivity contribution in [3.8, 4) is 5.75 Å². The van der Waals surface area contributed by atoms with Gasteiger partial charge in [0.15, 0.2) is 0 Å². The van der Waals surface area contributed by atoms with Crippen LogP contribution < -0.4 is 10.1 Å². The lowest BCUT2D eigenvalue weighted by Gasteiger charge is -2.39. The summed E-state index contributed by atoms with van der Waals surface area (Å²) < 4.78 is 5.61. The monoisotopic (exact) mass is 359 g/mol. The minimum absolute atomic E-state index is 0.111. The third-order valence-corrected chi connectivity index (χ3v) is 6.07. The zero-order valence-corrected chi connectivity index (χ0v) is 15.2. The molecule has 1 heterocycles. The number of fused-ring (bicyclic) bond motifs is 3. The molecule has 0 aromatic heterocycles. The summed E-state index contributed by atoms with van der Waals surface area (Å²) in [4.78, 5) is 0. The number of benzene rings is 2. The number of halogens is 2. The van der Waals surface area contributed by atoms with E-state index in [0.29, 0.717) is 21.9 Å². The molecule has 2 aromatic carbocycles. The molecule has 0 unspecified atom stereocenters. The number of ether oxygens (including phenoxy) is 1. The van der Waals surface area contributed by atoms with Crippen LogP contribution in [0.1, 0.15) is 35.1 Å².